The van der Waals surface area contributed by atoms with Crippen LogP contribution in [0, 0.1) is 5.92 Å². The van der Waals surface area contributed by atoms with Gasteiger partial charge in [-0.3, -0.25) is 4.79 Å². The predicted molar refractivity (Wildman–Crippen MR) is 152 cm³/mol. The lowest BCUT2D eigenvalue weighted by molar-refractivity contribution is -0.119. The molecule has 4 rings (SSSR count). The number of nitrogens with one attached hydrogen (secondary N) is 1. The number of benzene rings is 3. The first kappa shape index (κ1) is 27.8. The second-order valence-corrected chi connectivity index (χ2v) is 11.9. The Kier molecular flexibility index (Phi) is 8.55. The molecule has 38 heavy (non-hydrogen) atoms. The van der Waals surface area contributed by atoms with Crippen molar-refractivity contribution in [2.45, 2.75) is 37.6 Å². The molecular formula is C28H28Cl2N4O3S. The SMILES string of the molecule is CC(=O)C(N=C(NS(=O)(=O)c1ccc(Cl)cc1)N1CC(c2ccccc2)C(c2ccc(Cl)cc2)=N1)C(C)C. The molecular weight excluding hydrogens is 543 g/mol. The summed E-state index contributed by atoms with van der Waals surface area (Å²) in [5.41, 5.74) is 2.59. The van der Waals surface area contributed by atoms with Crippen LogP contribution in [0.5, 0.6) is 0 Å². The summed E-state index contributed by atoms with van der Waals surface area (Å²) in [6, 6.07) is 22.2. The first-order chi connectivity index (χ1) is 18.0. The van der Waals surface area contributed by atoms with Gasteiger partial charge in [0.05, 0.1) is 17.2 Å². The Morgan fingerprint density at radius 2 is 1.55 bits per heavy atom. The maximum atomic E-state index is 13.4. The van der Waals surface area contributed by atoms with E-state index < -0.39 is 16.1 Å². The molecule has 1 aliphatic heterocycles. The van der Waals surface area contributed by atoms with Gasteiger partial charge in [0.1, 0.15) is 6.04 Å². The number of guanidine groups is 1. The van der Waals surface area contributed by atoms with Crippen LogP contribution in [0.3, 0.4) is 0 Å². The van der Waals surface area contributed by atoms with E-state index in [1.54, 1.807) is 12.1 Å². The van der Waals surface area contributed by atoms with Gasteiger partial charge in [0, 0.05) is 16.0 Å². The highest BCUT2D eigenvalue weighted by Crippen LogP contribution is 2.30. The lowest BCUT2D eigenvalue weighted by Crippen LogP contribution is -2.43. The molecule has 2 atom stereocenters. The van der Waals surface area contributed by atoms with Gasteiger partial charge < -0.3 is 0 Å². The van der Waals surface area contributed by atoms with Gasteiger partial charge >= 0.3 is 0 Å². The second kappa shape index (κ2) is 11.7. The molecule has 0 aromatic heterocycles. The summed E-state index contributed by atoms with van der Waals surface area (Å²) in [4.78, 5) is 17.1. The van der Waals surface area contributed by atoms with Gasteiger partial charge in [0.15, 0.2) is 5.78 Å². The number of hydrogen-bond acceptors (Lipinski definition) is 5. The van der Waals surface area contributed by atoms with E-state index in [0.717, 1.165) is 16.8 Å². The second-order valence-electron chi connectivity index (χ2n) is 9.35. The van der Waals surface area contributed by atoms with E-state index in [1.807, 2.05) is 56.3 Å². The number of sulfonamides is 1. The van der Waals surface area contributed by atoms with Gasteiger partial charge in [-0.1, -0.05) is 79.5 Å². The number of halogens is 2. The van der Waals surface area contributed by atoms with Crippen LogP contribution in [0.2, 0.25) is 10.0 Å². The minimum absolute atomic E-state index is 0.0132. The van der Waals surface area contributed by atoms with Crippen LogP contribution < -0.4 is 4.72 Å². The van der Waals surface area contributed by atoms with E-state index >= 15 is 0 Å². The summed E-state index contributed by atoms with van der Waals surface area (Å²) in [7, 11) is -4.06. The van der Waals surface area contributed by atoms with Crippen molar-refractivity contribution in [1.29, 1.82) is 0 Å². The zero-order valence-electron chi connectivity index (χ0n) is 21.2. The molecule has 1 N–H and O–H groups in total. The van der Waals surface area contributed by atoms with Crippen molar-refractivity contribution in [2.75, 3.05) is 6.54 Å². The van der Waals surface area contributed by atoms with Gasteiger partial charge in [0.2, 0.25) is 5.96 Å². The zero-order valence-corrected chi connectivity index (χ0v) is 23.5. The Balaban J connectivity index is 1.81. The molecule has 0 saturated carbocycles. The molecule has 3 aromatic rings. The monoisotopic (exact) mass is 570 g/mol. The Bertz CT molecular complexity index is 1460. The van der Waals surface area contributed by atoms with Crippen molar-refractivity contribution in [1.82, 2.24) is 9.73 Å². The number of Topliss-reactive ketones (excluding diaryl/α,β-unsaturated/α-hetero) is 1. The lowest BCUT2D eigenvalue weighted by Gasteiger charge is -2.22. The van der Waals surface area contributed by atoms with Crippen molar-refractivity contribution in [3.05, 3.63) is 100 Å². The van der Waals surface area contributed by atoms with Crippen LogP contribution in [0.25, 0.3) is 0 Å². The van der Waals surface area contributed by atoms with Crippen molar-refractivity contribution < 1.29 is 13.2 Å². The highest BCUT2D eigenvalue weighted by Gasteiger charge is 2.34. The smallest absolute Gasteiger partial charge is 0.264 e. The Morgan fingerprint density at radius 3 is 2.11 bits per heavy atom. The molecule has 1 heterocycles. The predicted octanol–water partition coefficient (Wildman–Crippen LogP) is 5.75. The van der Waals surface area contributed by atoms with E-state index in [2.05, 4.69) is 9.71 Å². The van der Waals surface area contributed by atoms with Crippen LogP contribution in [-0.2, 0) is 14.8 Å². The minimum Gasteiger partial charge on any atom is -0.298 e. The summed E-state index contributed by atoms with van der Waals surface area (Å²) in [5.74, 6) is -0.546. The molecule has 0 fully saturated rings. The third kappa shape index (κ3) is 6.43. The van der Waals surface area contributed by atoms with Crippen LogP contribution in [-0.4, -0.2) is 43.5 Å². The first-order valence-corrected chi connectivity index (χ1v) is 14.3. The van der Waals surface area contributed by atoms with Crippen LogP contribution in [0.4, 0.5) is 0 Å². The molecule has 0 radical (unpaired) electrons. The fourth-order valence-corrected chi connectivity index (χ4v) is 5.50. The highest BCUT2D eigenvalue weighted by atomic mass is 35.5. The average molecular weight is 572 g/mol. The highest BCUT2D eigenvalue weighted by molar-refractivity contribution is 7.90. The Morgan fingerprint density at radius 1 is 0.974 bits per heavy atom. The van der Waals surface area contributed by atoms with Gasteiger partial charge in [-0.05, 0) is 60.4 Å². The number of ketones is 1. The molecule has 2 unspecified atom stereocenters. The van der Waals surface area contributed by atoms with Gasteiger partial charge in [-0.15, -0.1) is 0 Å². The molecule has 0 spiro atoms. The number of carbonyl (C=O) groups excluding carboxylic acids is 1. The first-order valence-electron chi connectivity index (χ1n) is 12.1. The minimum atomic E-state index is -4.06. The third-order valence-electron chi connectivity index (χ3n) is 6.16. The topological polar surface area (TPSA) is 91.2 Å². The summed E-state index contributed by atoms with van der Waals surface area (Å²) >= 11 is 12.1. The normalized spacial score (nSPS) is 16.9. The van der Waals surface area contributed by atoms with E-state index in [-0.39, 0.29) is 28.5 Å². The fourth-order valence-electron chi connectivity index (χ4n) is 4.24. The molecule has 0 bridgehead atoms. The molecule has 3 aromatic carbocycles. The molecule has 7 nitrogen and oxygen atoms in total. The average Bonchev–Trinajstić information content (AvgIpc) is 3.33. The maximum absolute atomic E-state index is 13.4. The Labute approximate surface area is 233 Å². The summed E-state index contributed by atoms with van der Waals surface area (Å²) in [6.07, 6.45) is 0. The van der Waals surface area contributed by atoms with Crippen molar-refractivity contribution in [3.8, 4) is 0 Å². The molecule has 10 heteroatoms. The third-order valence-corrected chi connectivity index (χ3v) is 8.01. The van der Waals surface area contributed by atoms with Gasteiger partial charge in [0.25, 0.3) is 10.0 Å². The summed E-state index contributed by atoms with van der Waals surface area (Å²) in [6.45, 7) is 5.48. The quantitative estimate of drug-likeness (QED) is 0.289. The molecule has 0 saturated heterocycles. The van der Waals surface area contributed by atoms with Crippen molar-refractivity contribution >= 4 is 50.7 Å². The van der Waals surface area contributed by atoms with E-state index in [1.165, 1.54) is 36.2 Å². The number of hydrazone groups is 1. The molecule has 198 valence electrons. The molecule has 0 amide bonds. The van der Waals surface area contributed by atoms with Crippen LogP contribution >= 0.6 is 23.2 Å². The number of carbonyl (C=O) groups is 1. The van der Waals surface area contributed by atoms with Gasteiger partial charge in [-0.25, -0.2) is 23.1 Å². The van der Waals surface area contributed by atoms with Crippen molar-refractivity contribution in [3.63, 3.8) is 0 Å². The number of hydrogen-bond donors (Lipinski definition) is 1. The number of rotatable bonds is 7. The summed E-state index contributed by atoms with van der Waals surface area (Å²) in [5, 5.41) is 7.36. The van der Waals surface area contributed by atoms with Gasteiger partial charge in [-0.2, -0.15) is 5.10 Å². The van der Waals surface area contributed by atoms with E-state index in [4.69, 9.17) is 28.3 Å². The largest absolute Gasteiger partial charge is 0.298 e. The van der Waals surface area contributed by atoms with Crippen molar-refractivity contribution in [2.24, 2.45) is 16.0 Å². The summed E-state index contributed by atoms with van der Waals surface area (Å²) < 4.78 is 29.3. The fraction of sp³-hybridized carbons (Fsp3) is 0.250. The zero-order chi connectivity index (χ0) is 27.4. The number of nitrogens with zero attached hydrogens (tertiary/aromatic N) is 3. The number of aliphatic imine (C=N–C) groups is 1. The Hall–Kier alpha value is -3.20. The lowest BCUT2D eigenvalue weighted by atomic mass is 9.91. The van der Waals surface area contributed by atoms with Crippen LogP contribution in [0.1, 0.15) is 37.8 Å². The maximum Gasteiger partial charge on any atom is 0.264 e. The standard InChI is InChI=1S/C28H28Cl2N4O3S/c1-18(2)26(19(3)35)31-28(33-38(36,37)24-15-13-23(30)14-16-24)34-17-25(20-7-5-4-6-8-20)27(32-34)21-9-11-22(29)12-10-21/h4-16,18,25-26H,17H2,1-3H3,(H,31,33). The molecule has 1 aliphatic rings. The molecule has 0 aliphatic carbocycles. The van der Waals surface area contributed by atoms with E-state index in [9.17, 15) is 13.2 Å². The van der Waals surface area contributed by atoms with Crippen LogP contribution in [0.15, 0.2) is 93.9 Å². The van der Waals surface area contributed by atoms with E-state index in [0.29, 0.717) is 16.6 Å².